The molecule has 1 N–H and O–H groups in total. The number of halogens is 1. The summed E-state index contributed by atoms with van der Waals surface area (Å²) < 4.78 is 5.44. The average molecular weight is 311 g/mol. The summed E-state index contributed by atoms with van der Waals surface area (Å²) in [6.07, 6.45) is 0.664. The Hall–Kier alpha value is -1.38. The third-order valence-electron chi connectivity index (χ3n) is 3.08. The molecule has 1 atom stereocenters. The lowest BCUT2D eigenvalue weighted by molar-refractivity contribution is 0.0922. The van der Waals surface area contributed by atoms with Crippen molar-refractivity contribution in [2.24, 2.45) is 0 Å². The monoisotopic (exact) mass is 310 g/mol. The summed E-state index contributed by atoms with van der Waals surface area (Å²) in [7, 11) is 0. The van der Waals surface area contributed by atoms with Crippen molar-refractivity contribution < 1.29 is 9.53 Å². The third-order valence-corrected chi connectivity index (χ3v) is 4.50. The van der Waals surface area contributed by atoms with E-state index in [2.05, 4.69) is 11.4 Å². The zero-order chi connectivity index (χ0) is 14.6. The highest BCUT2D eigenvalue weighted by molar-refractivity contribution is 7.99. The van der Waals surface area contributed by atoms with Gasteiger partial charge in [0.15, 0.2) is 0 Å². The number of nitrogens with zero attached hydrogens (tertiary/aromatic N) is 1. The molecule has 20 heavy (non-hydrogen) atoms. The van der Waals surface area contributed by atoms with Crippen LogP contribution in [0.5, 0.6) is 5.75 Å². The Kier molecular flexibility index (Phi) is 4.79. The second-order valence-corrected chi connectivity index (χ2v) is 6.07. The van der Waals surface area contributed by atoms with Crippen LogP contribution in [0.15, 0.2) is 18.2 Å². The third kappa shape index (κ3) is 3.20. The highest BCUT2D eigenvalue weighted by atomic mass is 35.5. The van der Waals surface area contributed by atoms with E-state index in [1.807, 2.05) is 6.92 Å². The van der Waals surface area contributed by atoms with Crippen LogP contribution in [0, 0.1) is 11.3 Å². The van der Waals surface area contributed by atoms with Gasteiger partial charge in [0.05, 0.1) is 18.2 Å². The average Bonchev–Trinajstić information content (AvgIpc) is 2.88. The van der Waals surface area contributed by atoms with Gasteiger partial charge in [0.25, 0.3) is 5.91 Å². The van der Waals surface area contributed by atoms with Gasteiger partial charge in [0.1, 0.15) is 11.3 Å². The summed E-state index contributed by atoms with van der Waals surface area (Å²) in [6.45, 7) is 2.28. The molecule has 0 aliphatic carbocycles. The van der Waals surface area contributed by atoms with E-state index in [1.165, 1.54) is 0 Å². The van der Waals surface area contributed by atoms with E-state index in [0.717, 1.165) is 5.75 Å². The zero-order valence-corrected chi connectivity index (χ0v) is 12.7. The van der Waals surface area contributed by atoms with E-state index < -0.39 is 5.54 Å². The maximum Gasteiger partial charge on any atom is 0.256 e. The van der Waals surface area contributed by atoms with Crippen molar-refractivity contribution in [1.29, 1.82) is 5.26 Å². The van der Waals surface area contributed by atoms with Crippen molar-refractivity contribution in [2.75, 3.05) is 18.1 Å². The molecule has 1 aromatic carbocycles. The Morgan fingerprint density at radius 1 is 1.65 bits per heavy atom. The van der Waals surface area contributed by atoms with E-state index in [1.54, 1.807) is 30.0 Å². The number of hydrogen-bond acceptors (Lipinski definition) is 4. The molecule has 1 amide bonds. The van der Waals surface area contributed by atoms with Gasteiger partial charge in [0.2, 0.25) is 0 Å². The highest BCUT2D eigenvalue weighted by Crippen LogP contribution is 2.29. The molecule has 2 rings (SSSR count). The number of carbonyl (C=O) groups is 1. The van der Waals surface area contributed by atoms with Crippen LogP contribution >= 0.6 is 23.4 Å². The second kappa shape index (κ2) is 6.38. The summed E-state index contributed by atoms with van der Waals surface area (Å²) in [6, 6.07) is 7.10. The summed E-state index contributed by atoms with van der Waals surface area (Å²) in [5.74, 6) is 1.64. The summed E-state index contributed by atoms with van der Waals surface area (Å²) in [4.78, 5) is 12.4. The lowest BCUT2D eigenvalue weighted by Gasteiger charge is -2.22. The number of ether oxygens (including phenoxy) is 1. The fraction of sp³-hybridized carbons (Fsp3) is 0.429. The molecule has 1 saturated heterocycles. The number of nitriles is 1. The normalized spacial score (nSPS) is 21.2. The summed E-state index contributed by atoms with van der Waals surface area (Å²) in [5.41, 5.74) is -0.368. The van der Waals surface area contributed by atoms with Gasteiger partial charge in [-0.05, 0) is 37.3 Å². The molecule has 1 aliphatic rings. The number of hydrogen-bond donors (Lipinski definition) is 1. The topological polar surface area (TPSA) is 62.1 Å². The molecule has 0 aromatic heterocycles. The molecule has 1 fully saturated rings. The molecule has 0 saturated carbocycles. The molecule has 4 nitrogen and oxygen atoms in total. The van der Waals surface area contributed by atoms with E-state index in [9.17, 15) is 10.1 Å². The van der Waals surface area contributed by atoms with Crippen LogP contribution in [0.25, 0.3) is 0 Å². The number of nitrogens with one attached hydrogen (secondary N) is 1. The first-order valence-corrected chi connectivity index (χ1v) is 7.87. The van der Waals surface area contributed by atoms with Gasteiger partial charge in [0, 0.05) is 10.8 Å². The van der Waals surface area contributed by atoms with Crippen molar-refractivity contribution >= 4 is 29.3 Å². The minimum absolute atomic E-state index is 0.297. The van der Waals surface area contributed by atoms with E-state index in [0.29, 0.717) is 35.1 Å². The predicted molar refractivity (Wildman–Crippen MR) is 80.4 cm³/mol. The Morgan fingerprint density at radius 2 is 2.45 bits per heavy atom. The fourth-order valence-electron chi connectivity index (χ4n) is 2.02. The fourth-order valence-corrected chi connectivity index (χ4v) is 3.45. The van der Waals surface area contributed by atoms with Crippen LogP contribution in [0.1, 0.15) is 23.7 Å². The van der Waals surface area contributed by atoms with Gasteiger partial charge in [-0.2, -0.15) is 17.0 Å². The number of rotatable bonds is 4. The van der Waals surface area contributed by atoms with Gasteiger partial charge in [-0.1, -0.05) is 11.6 Å². The second-order valence-electron chi connectivity index (χ2n) is 4.52. The Bertz CT molecular complexity index is 551. The highest BCUT2D eigenvalue weighted by Gasteiger charge is 2.36. The lowest BCUT2D eigenvalue weighted by atomic mass is 10.0. The van der Waals surface area contributed by atoms with Crippen molar-refractivity contribution in [3.8, 4) is 11.8 Å². The van der Waals surface area contributed by atoms with Gasteiger partial charge in [-0.15, -0.1) is 0 Å². The molecule has 1 aromatic rings. The standard InChI is InChI=1S/C14H15ClN2O2S/c1-2-19-12-7-10(15)3-4-11(12)13(18)17-14(8-16)5-6-20-9-14/h3-4,7H,2,5-6,9H2,1H3,(H,17,18). The molecule has 1 unspecified atom stereocenters. The maximum atomic E-state index is 12.4. The summed E-state index contributed by atoms with van der Waals surface area (Å²) in [5, 5.41) is 12.6. The van der Waals surface area contributed by atoms with Gasteiger partial charge in [-0.3, -0.25) is 4.79 Å². The first-order chi connectivity index (χ1) is 9.60. The zero-order valence-electron chi connectivity index (χ0n) is 11.1. The van der Waals surface area contributed by atoms with Gasteiger partial charge in [-0.25, -0.2) is 0 Å². The molecular weight excluding hydrogens is 296 g/mol. The first-order valence-electron chi connectivity index (χ1n) is 6.34. The van der Waals surface area contributed by atoms with Crippen LogP contribution in [0.2, 0.25) is 5.02 Å². The molecule has 0 spiro atoms. The molecule has 1 aliphatic heterocycles. The molecule has 0 bridgehead atoms. The van der Waals surface area contributed by atoms with Crippen LogP contribution < -0.4 is 10.1 Å². The van der Waals surface area contributed by atoms with Gasteiger partial charge >= 0.3 is 0 Å². The predicted octanol–water partition coefficient (Wildman–Crippen LogP) is 2.87. The maximum absolute atomic E-state index is 12.4. The van der Waals surface area contributed by atoms with Crippen LogP contribution in [0.3, 0.4) is 0 Å². The van der Waals surface area contributed by atoms with Crippen molar-refractivity contribution in [2.45, 2.75) is 18.9 Å². The number of carbonyl (C=O) groups excluding carboxylic acids is 1. The summed E-state index contributed by atoms with van der Waals surface area (Å²) >= 11 is 7.58. The molecule has 1 heterocycles. The first kappa shape index (κ1) is 15.0. The number of thioether (sulfide) groups is 1. The van der Waals surface area contributed by atoms with Crippen LogP contribution in [-0.4, -0.2) is 29.6 Å². The van der Waals surface area contributed by atoms with Crippen LogP contribution in [-0.2, 0) is 0 Å². The lowest BCUT2D eigenvalue weighted by Crippen LogP contribution is -2.47. The quantitative estimate of drug-likeness (QED) is 0.929. The Labute approximate surface area is 127 Å². The van der Waals surface area contributed by atoms with Gasteiger partial charge < -0.3 is 10.1 Å². The largest absolute Gasteiger partial charge is 0.493 e. The number of amides is 1. The molecule has 0 radical (unpaired) electrons. The smallest absolute Gasteiger partial charge is 0.256 e. The van der Waals surface area contributed by atoms with E-state index >= 15 is 0 Å². The molecule has 106 valence electrons. The minimum Gasteiger partial charge on any atom is -0.493 e. The Balaban J connectivity index is 2.23. The minimum atomic E-state index is -0.773. The SMILES string of the molecule is CCOc1cc(Cl)ccc1C(=O)NC1(C#N)CCSC1. The Morgan fingerprint density at radius 3 is 3.05 bits per heavy atom. The van der Waals surface area contributed by atoms with Crippen molar-refractivity contribution in [1.82, 2.24) is 5.32 Å². The van der Waals surface area contributed by atoms with Crippen molar-refractivity contribution in [3.05, 3.63) is 28.8 Å². The van der Waals surface area contributed by atoms with Crippen molar-refractivity contribution in [3.63, 3.8) is 0 Å². The van der Waals surface area contributed by atoms with Crippen LogP contribution in [0.4, 0.5) is 0 Å². The van der Waals surface area contributed by atoms with E-state index in [-0.39, 0.29) is 5.91 Å². The molecule has 6 heteroatoms. The number of benzene rings is 1. The van der Waals surface area contributed by atoms with E-state index in [4.69, 9.17) is 16.3 Å². The molecular formula is C14H15ClN2O2S.